The maximum absolute atomic E-state index is 13.1. The molecule has 2 aliphatic carbocycles. The van der Waals surface area contributed by atoms with Gasteiger partial charge in [-0.15, -0.1) is 0 Å². The van der Waals surface area contributed by atoms with Crippen molar-refractivity contribution in [1.82, 2.24) is 0 Å². The lowest BCUT2D eigenvalue weighted by Gasteiger charge is -2.43. The Morgan fingerprint density at radius 1 is 0.912 bits per heavy atom. The molecular weight excluding hydrogens is 424 g/mol. The normalized spacial score (nSPS) is 26.2. The zero-order valence-electron chi connectivity index (χ0n) is 19.2. The number of ether oxygens (including phenoxy) is 1. The quantitative estimate of drug-likeness (QED) is 0.475. The molecule has 2 N–H and O–H groups in total. The van der Waals surface area contributed by atoms with Crippen LogP contribution in [-0.4, -0.2) is 19.0 Å². The average molecular weight is 453 g/mol. The van der Waals surface area contributed by atoms with Gasteiger partial charge in [-0.1, -0.05) is 30.3 Å². The molecule has 1 heterocycles. The second-order valence-corrected chi connectivity index (χ2v) is 9.79. The highest BCUT2D eigenvalue weighted by Gasteiger charge is 2.53. The van der Waals surface area contributed by atoms with Gasteiger partial charge in [0.2, 0.25) is 0 Å². The number of fused-ring (bicyclic) bond motifs is 7. The second-order valence-electron chi connectivity index (χ2n) is 9.79. The Morgan fingerprint density at radius 3 is 2.41 bits per heavy atom. The smallest absolute Gasteiger partial charge is 0.337 e. The predicted octanol–water partition coefficient (Wildman–Crippen LogP) is 6.02. The van der Waals surface area contributed by atoms with Gasteiger partial charge in [-0.2, -0.15) is 0 Å². The standard InChI is InChI=1S/C29H28N2O3/c1-34-29(33)18-9-12-22(13-10-18)30-28(32)21-11-14-24-23(16-21)25-19-7-8-20(15-19)26(25)27(31-24)17-5-3-2-4-6-17/h2-6,9-14,16,19-20,25-27,31H,7-8,15H2,1H3,(H,30,32)/t19-,20-,25-,26+,27+/m0/s1. The Morgan fingerprint density at radius 2 is 1.65 bits per heavy atom. The van der Waals surface area contributed by atoms with Gasteiger partial charge in [0.05, 0.1) is 18.7 Å². The van der Waals surface area contributed by atoms with E-state index >= 15 is 0 Å². The van der Waals surface area contributed by atoms with Gasteiger partial charge in [0.15, 0.2) is 0 Å². The van der Waals surface area contributed by atoms with Crippen LogP contribution in [0.3, 0.4) is 0 Å². The van der Waals surface area contributed by atoms with Gasteiger partial charge in [0.25, 0.3) is 5.91 Å². The summed E-state index contributed by atoms with van der Waals surface area (Å²) in [5.74, 6) is 1.97. The van der Waals surface area contributed by atoms with Gasteiger partial charge in [-0.25, -0.2) is 4.79 Å². The topological polar surface area (TPSA) is 67.4 Å². The van der Waals surface area contributed by atoms with Crippen LogP contribution < -0.4 is 10.6 Å². The van der Waals surface area contributed by atoms with Gasteiger partial charge in [0, 0.05) is 16.9 Å². The first kappa shape index (κ1) is 21.0. The van der Waals surface area contributed by atoms with Crippen LogP contribution in [0.4, 0.5) is 11.4 Å². The first-order valence-electron chi connectivity index (χ1n) is 12.1. The molecule has 3 aromatic rings. The molecule has 5 nitrogen and oxygen atoms in total. The van der Waals surface area contributed by atoms with Crippen molar-refractivity contribution in [2.45, 2.75) is 31.2 Å². The number of carbonyl (C=O) groups is 2. The molecule has 3 aliphatic rings. The largest absolute Gasteiger partial charge is 0.465 e. The summed E-state index contributed by atoms with van der Waals surface area (Å²) < 4.78 is 4.74. The molecule has 2 saturated carbocycles. The van der Waals surface area contributed by atoms with E-state index in [0.717, 1.165) is 11.6 Å². The maximum Gasteiger partial charge on any atom is 0.337 e. The first-order chi connectivity index (χ1) is 16.6. The van der Waals surface area contributed by atoms with Gasteiger partial charge < -0.3 is 15.4 Å². The van der Waals surface area contributed by atoms with E-state index in [-0.39, 0.29) is 5.91 Å². The van der Waals surface area contributed by atoms with Crippen LogP contribution in [0.15, 0.2) is 72.8 Å². The maximum atomic E-state index is 13.1. The first-order valence-corrected chi connectivity index (χ1v) is 12.1. The van der Waals surface area contributed by atoms with Crippen molar-refractivity contribution >= 4 is 23.3 Å². The van der Waals surface area contributed by atoms with Gasteiger partial charge in [-0.05, 0) is 96.5 Å². The van der Waals surface area contributed by atoms with E-state index in [1.54, 1.807) is 24.3 Å². The number of esters is 1. The van der Waals surface area contributed by atoms with Crippen LogP contribution in [0.1, 0.15) is 63.1 Å². The fraction of sp³-hybridized carbons (Fsp3) is 0.310. The molecular formula is C29H28N2O3. The summed E-state index contributed by atoms with van der Waals surface area (Å²) in [6.07, 6.45) is 3.90. The molecule has 172 valence electrons. The van der Waals surface area contributed by atoms with E-state index in [1.807, 2.05) is 6.07 Å². The van der Waals surface area contributed by atoms with Gasteiger partial charge in [0.1, 0.15) is 0 Å². The Hall–Kier alpha value is -3.60. The molecule has 0 aromatic heterocycles. The van der Waals surface area contributed by atoms with Crippen LogP contribution >= 0.6 is 0 Å². The Balaban J connectivity index is 1.28. The summed E-state index contributed by atoms with van der Waals surface area (Å²) in [7, 11) is 1.35. The van der Waals surface area contributed by atoms with Crippen molar-refractivity contribution in [1.29, 1.82) is 0 Å². The van der Waals surface area contributed by atoms with Crippen LogP contribution in [0.2, 0.25) is 0 Å². The van der Waals surface area contributed by atoms with E-state index in [2.05, 4.69) is 53.1 Å². The molecule has 1 aliphatic heterocycles. The minimum Gasteiger partial charge on any atom is -0.465 e. The van der Waals surface area contributed by atoms with E-state index in [1.165, 1.54) is 37.5 Å². The number of carbonyl (C=O) groups excluding carboxylic acids is 2. The lowest BCUT2D eigenvalue weighted by Crippen LogP contribution is -2.35. The summed E-state index contributed by atoms with van der Waals surface area (Å²) >= 11 is 0. The number of anilines is 2. The van der Waals surface area contributed by atoms with Crippen LogP contribution in [-0.2, 0) is 4.74 Å². The van der Waals surface area contributed by atoms with Crippen molar-refractivity contribution < 1.29 is 14.3 Å². The van der Waals surface area contributed by atoms with E-state index in [9.17, 15) is 9.59 Å². The van der Waals surface area contributed by atoms with Crippen LogP contribution in [0.5, 0.6) is 0 Å². The SMILES string of the molecule is COC(=O)c1ccc(NC(=O)c2ccc3c(c2)[C@@H]2[C@H]4CC[C@@H](C4)[C@H]2[C@@H](c2ccccc2)N3)cc1. The minimum absolute atomic E-state index is 0.140. The fourth-order valence-electron chi connectivity index (χ4n) is 6.63. The highest BCUT2D eigenvalue weighted by atomic mass is 16.5. The zero-order valence-corrected chi connectivity index (χ0v) is 19.2. The highest BCUT2D eigenvalue weighted by molar-refractivity contribution is 6.05. The molecule has 2 bridgehead atoms. The number of nitrogens with one attached hydrogen (secondary N) is 2. The molecule has 0 unspecified atom stereocenters. The summed E-state index contributed by atoms with van der Waals surface area (Å²) in [6, 6.07) is 23.9. The summed E-state index contributed by atoms with van der Waals surface area (Å²) in [6.45, 7) is 0. The zero-order chi connectivity index (χ0) is 23.2. The number of benzene rings is 3. The molecule has 5 heteroatoms. The van der Waals surface area contributed by atoms with E-state index in [0.29, 0.717) is 40.6 Å². The Kier molecular flexibility index (Phi) is 5.13. The Labute approximate surface area is 199 Å². The average Bonchev–Trinajstić information content (AvgIpc) is 3.51. The molecule has 2 fully saturated rings. The summed E-state index contributed by atoms with van der Waals surface area (Å²) in [5.41, 5.74) is 5.57. The van der Waals surface area contributed by atoms with E-state index in [4.69, 9.17) is 4.74 Å². The van der Waals surface area contributed by atoms with Gasteiger partial charge in [-0.3, -0.25) is 4.79 Å². The van der Waals surface area contributed by atoms with Crippen molar-refractivity contribution in [3.8, 4) is 0 Å². The van der Waals surface area contributed by atoms with Crippen LogP contribution in [0.25, 0.3) is 0 Å². The van der Waals surface area contributed by atoms with Crippen molar-refractivity contribution in [3.63, 3.8) is 0 Å². The number of hydrogen-bond donors (Lipinski definition) is 2. The lowest BCUT2D eigenvalue weighted by atomic mass is 9.68. The van der Waals surface area contributed by atoms with Gasteiger partial charge >= 0.3 is 5.97 Å². The fourth-order valence-corrected chi connectivity index (χ4v) is 6.63. The molecule has 0 spiro atoms. The molecule has 34 heavy (non-hydrogen) atoms. The predicted molar refractivity (Wildman–Crippen MR) is 132 cm³/mol. The van der Waals surface area contributed by atoms with Crippen molar-refractivity contribution in [3.05, 3.63) is 95.1 Å². The molecule has 5 atom stereocenters. The molecule has 3 aromatic carbocycles. The highest BCUT2D eigenvalue weighted by Crippen LogP contribution is 2.63. The van der Waals surface area contributed by atoms with Crippen LogP contribution in [0, 0.1) is 17.8 Å². The van der Waals surface area contributed by atoms with Crippen molar-refractivity contribution in [2.75, 3.05) is 17.7 Å². The third-order valence-corrected chi connectivity index (χ3v) is 8.07. The minimum atomic E-state index is -0.394. The monoisotopic (exact) mass is 452 g/mol. The molecule has 6 rings (SSSR count). The number of amides is 1. The third kappa shape index (κ3) is 3.47. The number of rotatable bonds is 4. The number of methoxy groups -OCH3 is 1. The Bertz CT molecular complexity index is 1240. The lowest BCUT2D eigenvalue weighted by molar-refractivity contribution is 0.0600. The van der Waals surface area contributed by atoms with E-state index < -0.39 is 5.97 Å². The molecule has 1 amide bonds. The molecule has 0 saturated heterocycles. The molecule has 0 radical (unpaired) electrons. The third-order valence-electron chi connectivity index (χ3n) is 8.07. The summed E-state index contributed by atoms with van der Waals surface area (Å²) in [5, 5.41) is 6.80. The van der Waals surface area contributed by atoms with Crippen molar-refractivity contribution in [2.24, 2.45) is 17.8 Å². The summed E-state index contributed by atoms with van der Waals surface area (Å²) in [4.78, 5) is 24.7. The second kappa shape index (κ2) is 8.32. The number of hydrogen-bond acceptors (Lipinski definition) is 4.